The number of halogens is 5. The summed E-state index contributed by atoms with van der Waals surface area (Å²) in [6.07, 6.45) is -5.29. The summed E-state index contributed by atoms with van der Waals surface area (Å²) in [5.41, 5.74) is -1.76. The molecule has 0 aromatic carbocycles. The summed E-state index contributed by atoms with van der Waals surface area (Å²) < 4.78 is 64.0. The summed E-state index contributed by atoms with van der Waals surface area (Å²) in [6.45, 7) is 0.407. The fourth-order valence-electron chi connectivity index (χ4n) is 2.58. The van der Waals surface area contributed by atoms with Gasteiger partial charge >= 0.3 is 6.18 Å². The van der Waals surface area contributed by atoms with Gasteiger partial charge in [0, 0.05) is 32.4 Å². The minimum atomic E-state index is -4.71. The van der Waals surface area contributed by atoms with Crippen LogP contribution in [-0.4, -0.2) is 52.7 Å². The Bertz CT molecular complexity index is 549. The van der Waals surface area contributed by atoms with Gasteiger partial charge < -0.3 is 5.32 Å². The third-order valence-corrected chi connectivity index (χ3v) is 3.66. The molecule has 1 amide bonds. The maximum atomic E-state index is 12.8. The number of carbonyl (C=O) groups is 1. The average Bonchev–Trinajstić information content (AvgIpc) is 2.83. The summed E-state index contributed by atoms with van der Waals surface area (Å²) in [5.74, 6) is -0.849. The van der Waals surface area contributed by atoms with Crippen molar-refractivity contribution >= 4 is 5.91 Å². The van der Waals surface area contributed by atoms with Crippen molar-refractivity contribution in [3.8, 4) is 0 Å². The zero-order chi connectivity index (χ0) is 17.2. The van der Waals surface area contributed by atoms with Crippen molar-refractivity contribution in [2.45, 2.75) is 31.5 Å². The fourth-order valence-corrected chi connectivity index (χ4v) is 2.58. The van der Waals surface area contributed by atoms with Crippen LogP contribution in [0.25, 0.3) is 0 Å². The van der Waals surface area contributed by atoms with E-state index in [1.807, 2.05) is 0 Å². The van der Waals surface area contributed by atoms with Gasteiger partial charge in [-0.2, -0.15) is 18.3 Å². The molecule has 10 heteroatoms. The van der Waals surface area contributed by atoms with Gasteiger partial charge in [-0.3, -0.25) is 14.4 Å². The van der Waals surface area contributed by atoms with E-state index in [2.05, 4.69) is 10.4 Å². The molecule has 0 radical (unpaired) electrons. The van der Waals surface area contributed by atoms with E-state index in [4.69, 9.17) is 0 Å². The molecule has 0 bridgehead atoms. The van der Waals surface area contributed by atoms with Gasteiger partial charge in [0.2, 0.25) is 0 Å². The number of carbonyl (C=O) groups excluding carboxylic acids is 1. The number of amides is 1. The van der Waals surface area contributed by atoms with Gasteiger partial charge in [0.15, 0.2) is 5.69 Å². The zero-order valence-corrected chi connectivity index (χ0v) is 12.4. The standard InChI is InChI=1S/C13H17F5N4O/c1-21-6-9(11(20-21)13(16,17)18)12(23)19-8-2-4-22(5-3-8)7-10(14)15/h6,8,10H,2-5,7H2,1H3,(H,19,23). The van der Waals surface area contributed by atoms with Crippen LogP contribution in [0.5, 0.6) is 0 Å². The highest BCUT2D eigenvalue weighted by atomic mass is 19.4. The Morgan fingerprint density at radius 2 is 2.00 bits per heavy atom. The van der Waals surface area contributed by atoms with Crippen LogP contribution in [0.3, 0.4) is 0 Å². The molecule has 0 spiro atoms. The number of hydrogen-bond donors (Lipinski definition) is 1. The van der Waals surface area contributed by atoms with Crippen molar-refractivity contribution in [2.24, 2.45) is 7.05 Å². The van der Waals surface area contributed by atoms with Gasteiger partial charge in [-0.15, -0.1) is 0 Å². The Kier molecular flexibility index (Phi) is 5.23. The second kappa shape index (κ2) is 6.81. The fraction of sp³-hybridized carbons (Fsp3) is 0.692. The van der Waals surface area contributed by atoms with Crippen LogP contribution in [0, 0.1) is 0 Å². The third kappa shape index (κ3) is 4.63. The van der Waals surface area contributed by atoms with Gasteiger partial charge in [-0.05, 0) is 12.8 Å². The lowest BCUT2D eigenvalue weighted by Crippen LogP contribution is -2.46. The van der Waals surface area contributed by atoms with Crippen molar-refractivity contribution in [1.82, 2.24) is 20.0 Å². The molecule has 1 aliphatic heterocycles. The SMILES string of the molecule is Cn1cc(C(=O)NC2CCN(CC(F)F)CC2)c(C(F)(F)F)n1. The van der Waals surface area contributed by atoms with Crippen LogP contribution in [0.15, 0.2) is 6.20 Å². The highest BCUT2D eigenvalue weighted by Crippen LogP contribution is 2.30. The van der Waals surface area contributed by atoms with Crippen LogP contribution >= 0.6 is 0 Å². The number of aromatic nitrogens is 2. The van der Waals surface area contributed by atoms with Gasteiger partial charge in [0.25, 0.3) is 12.3 Å². The molecule has 130 valence electrons. The number of alkyl halides is 5. The Morgan fingerprint density at radius 1 is 1.39 bits per heavy atom. The highest BCUT2D eigenvalue weighted by Gasteiger charge is 2.39. The second-order valence-electron chi connectivity index (χ2n) is 5.50. The Balaban J connectivity index is 1.96. The first kappa shape index (κ1) is 17.6. The van der Waals surface area contributed by atoms with E-state index in [0.29, 0.717) is 25.9 Å². The second-order valence-corrected chi connectivity index (χ2v) is 5.50. The van der Waals surface area contributed by atoms with Crippen LogP contribution in [-0.2, 0) is 13.2 Å². The highest BCUT2D eigenvalue weighted by molar-refractivity contribution is 5.95. The van der Waals surface area contributed by atoms with E-state index in [-0.39, 0.29) is 12.6 Å². The number of rotatable bonds is 4. The van der Waals surface area contributed by atoms with Crippen molar-refractivity contribution in [3.05, 3.63) is 17.5 Å². The first-order valence-corrected chi connectivity index (χ1v) is 7.09. The summed E-state index contributed by atoms with van der Waals surface area (Å²) in [6, 6.07) is -0.335. The van der Waals surface area contributed by atoms with Crippen LogP contribution in [0.4, 0.5) is 22.0 Å². The number of hydrogen-bond acceptors (Lipinski definition) is 3. The smallest absolute Gasteiger partial charge is 0.349 e. The number of aryl methyl sites for hydroxylation is 1. The average molecular weight is 340 g/mol. The molecule has 5 nitrogen and oxygen atoms in total. The number of nitrogens with zero attached hydrogens (tertiary/aromatic N) is 3. The number of piperidine rings is 1. The van der Waals surface area contributed by atoms with Crippen LogP contribution < -0.4 is 5.32 Å². The predicted octanol–water partition coefficient (Wildman–Crippen LogP) is 1.90. The molecule has 0 unspecified atom stereocenters. The largest absolute Gasteiger partial charge is 0.435 e. The molecule has 0 atom stereocenters. The van der Waals surface area contributed by atoms with Gasteiger partial charge in [0.1, 0.15) is 0 Å². The molecular formula is C13H17F5N4O. The normalized spacial score (nSPS) is 17.7. The summed E-state index contributed by atoms with van der Waals surface area (Å²) in [4.78, 5) is 13.6. The van der Waals surface area contributed by atoms with Crippen LogP contribution in [0.1, 0.15) is 28.9 Å². The summed E-state index contributed by atoms with van der Waals surface area (Å²) in [5, 5.41) is 5.81. The zero-order valence-electron chi connectivity index (χ0n) is 12.4. The lowest BCUT2D eigenvalue weighted by Gasteiger charge is -2.32. The van der Waals surface area contributed by atoms with Crippen molar-refractivity contribution in [1.29, 1.82) is 0 Å². The van der Waals surface area contributed by atoms with Crippen LogP contribution in [0.2, 0.25) is 0 Å². The molecule has 1 aromatic rings. The van der Waals surface area contributed by atoms with Crippen molar-refractivity contribution in [3.63, 3.8) is 0 Å². The Morgan fingerprint density at radius 3 is 2.52 bits per heavy atom. The lowest BCUT2D eigenvalue weighted by molar-refractivity contribution is -0.141. The van der Waals surface area contributed by atoms with E-state index in [1.54, 1.807) is 4.90 Å². The number of likely N-dealkylation sites (tertiary alicyclic amines) is 1. The predicted molar refractivity (Wildman–Crippen MR) is 71.1 cm³/mol. The molecule has 1 aromatic heterocycles. The first-order chi connectivity index (χ1) is 10.7. The maximum absolute atomic E-state index is 12.8. The molecule has 0 saturated carbocycles. The van der Waals surface area contributed by atoms with Gasteiger partial charge in [-0.1, -0.05) is 0 Å². The minimum absolute atomic E-state index is 0.332. The number of nitrogens with one attached hydrogen (secondary N) is 1. The maximum Gasteiger partial charge on any atom is 0.435 e. The molecule has 1 saturated heterocycles. The van der Waals surface area contributed by atoms with E-state index < -0.39 is 29.8 Å². The van der Waals surface area contributed by atoms with Crippen molar-refractivity contribution in [2.75, 3.05) is 19.6 Å². The van der Waals surface area contributed by atoms with Gasteiger partial charge in [0.05, 0.1) is 12.1 Å². The molecule has 23 heavy (non-hydrogen) atoms. The topological polar surface area (TPSA) is 50.2 Å². The van der Waals surface area contributed by atoms with E-state index in [0.717, 1.165) is 10.9 Å². The summed E-state index contributed by atoms with van der Waals surface area (Å²) in [7, 11) is 1.30. The Labute approximate surface area is 129 Å². The molecule has 0 aliphatic carbocycles. The monoisotopic (exact) mass is 340 g/mol. The summed E-state index contributed by atoms with van der Waals surface area (Å²) >= 11 is 0. The third-order valence-electron chi connectivity index (χ3n) is 3.66. The molecule has 2 rings (SSSR count). The molecule has 1 fully saturated rings. The minimum Gasteiger partial charge on any atom is -0.349 e. The van der Waals surface area contributed by atoms with Gasteiger partial charge in [-0.25, -0.2) is 8.78 Å². The van der Waals surface area contributed by atoms with E-state index in [9.17, 15) is 26.7 Å². The lowest BCUT2D eigenvalue weighted by atomic mass is 10.0. The first-order valence-electron chi connectivity index (χ1n) is 7.09. The van der Waals surface area contributed by atoms with Crippen molar-refractivity contribution < 1.29 is 26.7 Å². The molecule has 2 heterocycles. The quantitative estimate of drug-likeness (QED) is 0.852. The molecular weight excluding hydrogens is 323 g/mol. The van der Waals surface area contributed by atoms with E-state index >= 15 is 0 Å². The van der Waals surface area contributed by atoms with E-state index in [1.165, 1.54) is 7.05 Å². The Hall–Kier alpha value is -1.71. The molecule has 1 aliphatic rings. The molecule has 1 N–H and O–H groups in total.